The normalized spacial score (nSPS) is 17.9. The summed E-state index contributed by atoms with van der Waals surface area (Å²) in [5.41, 5.74) is 5.37. The maximum atomic E-state index is 4.39. The first kappa shape index (κ1) is 32.4. The van der Waals surface area contributed by atoms with E-state index in [0.29, 0.717) is 29.6 Å². The fourth-order valence-electron chi connectivity index (χ4n) is 3.97. The van der Waals surface area contributed by atoms with Crippen molar-refractivity contribution in [2.75, 3.05) is 0 Å². The first-order valence-electron chi connectivity index (χ1n) is 13.7. The number of hydrogen-bond donors (Lipinski definition) is 0. The second kappa shape index (κ2) is 16.2. The molecule has 0 aromatic rings. The van der Waals surface area contributed by atoms with E-state index in [1.807, 2.05) is 0 Å². The lowest BCUT2D eigenvalue weighted by Gasteiger charge is -2.25. The van der Waals surface area contributed by atoms with Crippen molar-refractivity contribution in [1.29, 1.82) is 0 Å². The van der Waals surface area contributed by atoms with E-state index in [4.69, 9.17) is 0 Å². The van der Waals surface area contributed by atoms with Crippen LogP contribution in [-0.2, 0) is 0 Å². The summed E-state index contributed by atoms with van der Waals surface area (Å²) in [6.45, 7) is 39.2. The van der Waals surface area contributed by atoms with Gasteiger partial charge in [0.15, 0.2) is 0 Å². The molecule has 0 unspecified atom stereocenters. The van der Waals surface area contributed by atoms with Crippen LogP contribution in [0.2, 0.25) is 0 Å². The Hall–Kier alpha value is -1.56. The molecule has 0 saturated heterocycles. The molecule has 6 atom stereocenters. The fraction of sp³-hybridized carbons (Fsp3) is 0.647. The lowest BCUT2D eigenvalue weighted by molar-refractivity contribution is 0.423. The van der Waals surface area contributed by atoms with Crippen LogP contribution in [0.1, 0.15) is 107 Å². The van der Waals surface area contributed by atoms with Crippen LogP contribution >= 0.6 is 0 Å². The summed E-state index contributed by atoms with van der Waals surface area (Å²) in [6, 6.07) is 0. The quantitative estimate of drug-likeness (QED) is 0.166. The second-order valence-corrected chi connectivity index (χ2v) is 11.9. The van der Waals surface area contributed by atoms with Gasteiger partial charge in [-0.1, -0.05) is 108 Å². The number of allylic oxidation sites excluding steroid dienone is 7. The predicted octanol–water partition coefficient (Wildman–Crippen LogP) is 11.3. The Balaban J connectivity index is 4.58. The molecular formula is C34H58. The van der Waals surface area contributed by atoms with E-state index in [9.17, 15) is 0 Å². The van der Waals surface area contributed by atoms with Gasteiger partial charge in [0, 0.05) is 5.41 Å². The van der Waals surface area contributed by atoms with Gasteiger partial charge in [-0.2, -0.15) is 0 Å². The third-order valence-corrected chi connectivity index (χ3v) is 8.32. The Morgan fingerprint density at radius 3 is 1.53 bits per heavy atom. The Morgan fingerprint density at radius 2 is 1.12 bits per heavy atom. The minimum absolute atomic E-state index is 0.0433. The summed E-state index contributed by atoms with van der Waals surface area (Å²) in [4.78, 5) is 0. The Morgan fingerprint density at radius 1 is 0.676 bits per heavy atom. The molecule has 0 fully saturated rings. The van der Waals surface area contributed by atoms with Gasteiger partial charge in [-0.25, -0.2) is 0 Å². The van der Waals surface area contributed by atoms with Crippen molar-refractivity contribution in [1.82, 2.24) is 0 Å². The zero-order valence-electron chi connectivity index (χ0n) is 24.3. The molecule has 0 heteroatoms. The molecule has 0 spiro atoms. The molecule has 0 radical (unpaired) electrons. The van der Waals surface area contributed by atoms with Crippen molar-refractivity contribution in [3.63, 3.8) is 0 Å². The maximum Gasteiger partial charge on any atom is 0.00303 e. The minimum atomic E-state index is 0.0433. The van der Waals surface area contributed by atoms with Crippen molar-refractivity contribution in [3.8, 4) is 0 Å². The van der Waals surface area contributed by atoms with Gasteiger partial charge in [0.2, 0.25) is 0 Å². The smallest absolute Gasteiger partial charge is 0.00303 e. The van der Waals surface area contributed by atoms with Gasteiger partial charge in [0.05, 0.1) is 0 Å². The van der Waals surface area contributed by atoms with Gasteiger partial charge in [-0.15, -0.1) is 6.58 Å². The molecule has 0 aromatic heterocycles. The van der Waals surface area contributed by atoms with E-state index in [1.54, 1.807) is 0 Å². The lowest BCUT2D eigenvalue weighted by atomic mass is 9.79. The van der Waals surface area contributed by atoms with E-state index >= 15 is 0 Å². The molecule has 0 amide bonds. The van der Waals surface area contributed by atoms with Crippen LogP contribution < -0.4 is 0 Å². The average Bonchev–Trinajstić information content (AvgIpc) is 2.80. The molecule has 0 aliphatic rings. The minimum Gasteiger partial charge on any atom is -0.102 e. The van der Waals surface area contributed by atoms with Crippen LogP contribution in [-0.4, -0.2) is 0 Å². The summed E-state index contributed by atoms with van der Waals surface area (Å²) in [5.74, 6) is 2.86. The molecular weight excluding hydrogens is 408 g/mol. The van der Waals surface area contributed by atoms with Crippen molar-refractivity contribution in [3.05, 3.63) is 73.4 Å². The highest BCUT2D eigenvalue weighted by atomic mass is 14.2. The van der Waals surface area contributed by atoms with Gasteiger partial charge in [-0.3, -0.25) is 0 Å². The summed E-state index contributed by atoms with van der Waals surface area (Å²) < 4.78 is 0. The van der Waals surface area contributed by atoms with Crippen LogP contribution in [0, 0.1) is 35.0 Å². The molecule has 0 bridgehead atoms. The molecule has 34 heavy (non-hydrogen) atoms. The number of rotatable bonds is 19. The van der Waals surface area contributed by atoms with Gasteiger partial charge in [0.1, 0.15) is 0 Å². The van der Waals surface area contributed by atoms with Crippen molar-refractivity contribution >= 4 is 0 Å². The summed E-state index contributed by atoms with van der Waals surface area (Å²) in [6.07, 6.45) is 16.2. The molecule has 0 N–H and O–H groups in total. The van der Waals surface area contributed by atoms with E-state index in [1.165, 1.54) is 41.6 Å². The molecule has 0 nitrogen and oxygen atoms in total. The largest absolute Gasteiger partial charge is 0.102 e. The highest BCUT2D eigenvalue weighted by Crippen LogP contribution is 2.33. The predicted molar refractivity (Wildman–Crippen MR) is 158 cm³/mol. The summed E-state index contributed by atoms with van der Waals surface area (Å²) in [7, 11) is 0. The summed E-state index contributed by atoms with van der Waals surface area (Å²) >= 11 is 0. The zero-order chi connectivity index (χ0) is 26.5. The SMILES string of the molecule is C=C[C@](C)(/C=C/[C@@H](C)CC[C@H](C)C(=C)CC[C@H](C)C(=C)C)CC[C@H](C)C(=C)CC[C@H](C)C(=C)C. The Kier molecular flexibility index (Phi) is 15.4. The van der Waals surface area contributed by atoms with E-state index in [0.717, 1.165) is 32.1 Å². The molecule has 0 aromatic carbocycles. The molecule has 0 rings (SSSR count). The second-order valence-electron chi connectivity index (χ2n) is 11.9. The van der Waals surface area contributed by atoms with E-state index < -0.39 is 0 Å². The van der Waals surface area contributed by atoms with Crippen LogP contribution in [0.15, 0.2) is 73.4 Å². The van der Waals surface area contributed by atoms with E-state index in [-0.39, 0.29) is 5.41 Å². The van der Waals surface area contributed by atoms with Crippen LogP contribution in [0.5, 0.6) is 0 Å². The molecule has 0 aliphatic heterocycles. The van der Waals surface area contributed by atoms with Gasteiger partial charge < -0.3 is 0 Å². The summed E-state index contributed by atoms with van der Waals surface area (Å²) in [5, 5.41) is 0. The van der Waals surface area contributed by atoms with Crippen LogP contribution in [0.25, 0.3) is 0 Å². The monoisotopic (exact) mass is 466 g/mol. The number of hydrogen-bond acceptors (Lipinski definition) is 0. The molecule has 0 heterocycles. The lowest BCUT2D eigenvalue weighted by Crippen LogP contribution is -2.13. The van der Waals surface area contributed by atoms with Crippen molar-refractivity contribution in [2.24, 2.45) is 35.0 Å². The fourth-order valence-corrected chi connectivity index (χ4v) is 3.97. The molecule has 194 valence electrons. The Labute approximate surface area is 215 Å². The first-order valence-corrected chi connectivity index (χ1v) is 13.7. The third-order valence-electron chi connectivity index (χ3n) is 8.32. The Bertz CT molecular complexity index is 702. The van der Waals surface area contributed by atoms with Crippen molar-refractivity contribution < 1.29 is 0 Å². The van der Waals surface area contributed by atoms with Crippen molar-refractivity contribution in [2.45, 2.75) is 107 Å². The van der Waals surface area contributed by atoms with Gasteiger partial charge >= 0.3 is 0 Å². The molecule has 0 saturated carbocycles. The highest BCUT2D eigenvalue weighted by molar-refractivity contribution is 5.10. The molecule has 0 aliphatic carbocycles. The highest BCUT2D eigenvalue weighted by Gasteiger charge is 2.20. The van der Waals surface area contributed by atoms with Crippen LogP contribution in [0.4, 0.5) is 0 Å². The average molecular weight is 467 g/mol. The van der Waals surface area contributed by atoms with Crippen LogP contribution in [0.3, 0.4) is 0 Å². The van der Waals surface area contributed by atoms with Gasteiger partial charge in [-0.05, 0) is 94.8 Å². The zero-order valence-corrected chi connectivity index (χ0v) is 24.3. The maximum absolute atomic E-state index is 4.39. The first-order chi connectivity index (χ1) is 15.7. The topological polar surface area (TPSA) is 0 Å². The van der Waals surface area contributed by atoms with E-state index in [2.05, 4.69) is 107 Å². The standard InChI is InChI=1S/C34H58/c1-14-34(13,24-22-33(12)32(11)20-18-29(8)26(4)5)23-21-27(6)15-16-30(9)31(10)19-17-28(7)25(2)3/h14,21,23,27-30,33H,1-2,4,10-11,15-20,22,24H2,3,5-9,12-13H3/b23-21+/t27-,28-,29-,30-,33-,34+/m0/s1. The third kappa shape index (κ3) is 13.4. The van der Waals surface area contributed by atoms with Gasteiger partial charge in [0.25, 0.3) is 0 Å².